The van der Waals surface area contributed by atoms with Crippen LogP contribution in [0.15, 0.2) is 0 Å². The summed E-state index contributed by atoms with van der Waals surface area (Å²) in [6.07, 6.45) is 1.41. The van der Waals surface area contributed by atoms with Gasteiger partial charge >= 0.3 is 6.09 Å². The maximum absolute atomic E-state index is 11.6. The SMILES string of the molecule is CC(C)(C)OC(=O)NC1CC2OC1CC2N. The van der Waals surface area contributed by atoms with Gasteiger partial charge in [0.25, 0.3) is 0 Å². The number of hydrogen-bond donors (Lipinski definition) is 2. The van der Waals surface area contributed by atoms with E-state index in [-0.39, 0.29) is 30.4 Å². The number of fused-ring (bicyclic) bond motifs is 2. The van der Waals surface area contributed by atoms with E-state index in [0.29, 0.717) is 0 Å². The molecule has 2 aliphatic heterocycles. The van der Waals surface area contributed by atoms with Crippen molar-refractivity contribution in [2.75, 3.05) is 0 Å². The summed E-state index contributed by atoms with van der Waals surface area (Å²) in [4.78, 5) is 11.6. The van der Waals surface area contributed by atoms with Gasteiger partial charge in [0.05, 0.1) is 18.2 Å². The Kier molecular flexibility index (Phi) is 2.84. The molecule has 4 atom stereocenters. The third kappa shape index (κ3) is 2.47. The lowest BCUT2D eigenvalue weighted by Gasteiger charge is -2.25. The van der Waals surface area contributed by atoms with Gasteiger partial charge in [0, 0.05) is 6.04 Å². The van der Waals surface area contributed by atoms with E-state index in [1.54, 1.807) is 0 Å². The number of rotatable bonds is 1. The van der Waals surface area contributed by atoms with Crippen LogP contribution in [0.25, 0.3) is 0 Å². The standard InChI is InChI=1S/C11H20N2O3/c1-11(2,3)16-10(14)13-7-5-8-6(12)4-9(7)15-8/h6-9H,4-5,12H2,1-3H3,(H,13,14). The number of carbonyl (C=O) groups excluding carboxylic acids is 1. The molecule has 0 spiro atoms. The summed E-state index contributed by atoms with van der Waals surface area (Å²) in [5.41, 5.74) is 5.39. The molecule has 4 unspecified atom stereocenters. The molecule has 1 amide bonds. The van der Waals surface area contributed by atoms with E-state index in [1.165, 1.54) is 0 Å². The van der Waals surface area contributed by atoms with Crippen molar-refractivity contribution in [3.05, 3.63) is 0 Å². The number of nitrogens with two attached hydrogens (primary N) is 1. The van der Waals surface area contributed by atoms with E-state index in [2.05, 4.69) is 5.32 Å². The van der Waals surface area contributed by atoms with E-state index in [9.17, 15) is 4.79 Å². The van der Waals surface area contributed by atoms with Gasteiger partial charge in [-0.05, 0) is 33.6 Å². The highest BCUT2D eigenvalue weighted by molar-refractivity contribution is 5.68. The smallest absolute Gasteiger partial charge is 0.407 e. The van der Waals surface area contributed by atoms with Crippen molar-refractivity contribution in [2.45, 2.75) is 63.5 Å². The second-order valence-electron chi connectivity index (χ2n) is 5.60. The average Bonchev–Trinajstić information content (AvgIpc) is 2.58. The van der Waals surface area contributed by atoms with Crippen LogP contribution in [0.5, 0.6) is 0 Å². The molecule has 16 heavy (non-hydrogen) atoms. The molecule has 2 rings (SSSR count). The Morgan fingerprint density at radius 2 is 2.06 bits per heavy atom. The lowest BCUT2D eigenvalue weighted by molar-refractivity contribution is 0.0461. The first-order chi connectivity index (χ1) is 7.35. The normalized spacial score (nSPS) is 37.5. The van der Waals surface area contributed by atoms with Gasteiger partial charge in [-0.2, -0.15) is 0 Å². The third-order valence-corrected chi connectivity index (χ3v) is 2.97. The molecule has 2 bridgehead atoms. The predicted octanol–water partition coefficient (Wildman–Crippen LogP) is 0.768. The maximum Gasteiger partial charge on any atom is 0.407 e. The van der Waals surface area contributed by atoms with Gasteiger partial charge < -0.3 is 20.5 Å². The Morgan fingerprint density at radius 1 is 1.38 bits per heavy atom. The topological polar surface area (TPSA) is 73.6 Å². The zero-order chi connectivity index (χ0) is 11.9. The maximum atomic E-state index is 11.6. The molecule has 0 aliphatic carbocycles. The Labute approximate surface area is 95.7 Å². The van der Waals surface area contributed by atoms with Crippen molar-refractivity contribution in [2.24, 2.45) is 5.73 Å². The summed E-state index contributed by atoms with van der Waals surface area (Å²) in [7, 11) is 0. The molecule has 0 saturated carbocycles. The molecule has 0 radical (unpaired) electrons. The van der Waals surface area contributed by atoms with Gasteiger partial charge in [0.1, 0.15) is 5.60 Å². The molecule has 2 fully saturated rings. The second-order valence-corrected chi connectivity index (χ2v) is 5.60. The fraction of sp³-hybridized carbons (Fsp3) is 0.909. The molecule has 2 saturated heterocycles. The fourth-order valence-corrected chi connectivity index (χ4v) is 2.30. The number of carbonyl (C=O) groups is 1. The highest BCUT2D eigenvalue weighted by Gasteiger charge is 2.46. The molecule has 5 heteroatoms. The highest BCUT2D eigenvalue weighted by atomic mass is 16.6. The number of ether oxygens (including phenoxy) is 2. The van der Waals surface area contributed by atoms with Crippen molar-refractivity contribution in [3.8, 4) is 0 Å². The van der Waals surface area contributed by atoms with Gasteiger partial charge in [-0.15, -0.1) is 0 Å². The Morgan fingerprint density at radius 3 is 2.50 bits per heavy atom. The van der Waals surface area contributed by atoms with E-state index in [0.717, 1.165) is 12.8 Å². The second kappa shape index (κ2) is 3.89. The average molecular weight is 228 g/mol. The largest absolute Gasteiger partial charge is 0.444 e. The molecule has 5 nitrogen and oxygen atoms in total. The minimum Gasteiger partial charge on any atom is -0.444 e. The zero-order valence-electron chi connectivity index (χ0n) is 10.0. The third-order valence-electron chi connectivity index (χ3n) is 2.97. The minimum atomic E-state index is -0.459. The number of nitrogens with one attached hydrogen (secondary N) is 1. The van der Waals surface area contributed by atoms with E-state index < -0.39 is 5.60 Å². The monoisotopic (exact) mass is 228 g/mol. The van der Waals surface area contributed by atoms with Gasteiger partial charge in [-0.25, -0.2) is 4.79 Å². The van der Waals surface area contributed by atoms with Crippen LogP contribution in [-0.4, -0.2) is 36.0 Å². The van der Waals surface area contributed by atoms with Crippen molar-refractivity contribution >= 4 is 6.09 Å². The van der Waals surface area contributed by atoms with Crippen molar-refractivity contribution in [1.82, 2.24) is 5.32 Å². The predicted molar refractivity (Wildman–Crippen MR) is 59.0 cm³/mol. The summed E-state index contributed by atoms with van der Waals surface area (Å²) in [6, 6.07) is 0.182. The molecular formula is C11H20N2O3. The minimum absolute atomic E-state index is 0.0552. The van der Waals surface area contributed by atoms with Crippen molar-refractivity contribution in [1.29, 1.82) is 0 Å². The Balaban J connectivity index is 1.82. The van der Waals surface area contributed by atoms with Crippen LogP contribution in [0.2, 0.25) is 0 Å². The summed E-state index contributed by atoms with van der Waals surface area (Å²) < 4.78 is 10.8. The molecule has 0 aromatic rings. The molecule has 0 aromatic heterocycles. The van der Waals surface area contributed by atoms with Gasteiger partial charge in [-0.1, -0.05) is 0 Å². The summed E-state index contributed by atoms with van der Waals surface area (Å²) in [5.74, 6) is 0. The highest BCUT2D eigenvalue weighted by Crippen LogP contribution is 2.33. The van der Waals surface area contributed by atoms with Crippen LogP contribution in [0, 0.1) is 0 Å². The molecule has 92 valence electrons. The lowest BCUT2D eigenvalue weighted by Crippen LogP contribution is -2.47. The Bertz CT molecular complexity index is 285. The van der Waals surface area contributed by atoms with E-state index in [4.69, 9.17) is 15.2 Å². The first kappa shape index (κ1) is 11.7. The fourth-order valence-electron chi connectivity index (χ4n) is 2.30. The molecular weight excluding hydrogens is 208 g/mol. The van der Waals surface area contributed by atoms with Gasteiger partial charge in [0.15, 0.2) is 0 Å². The summed E-state index contributed by atoms with van der Waals surface area (Å²) >= 11 is 0. The summed E-state index contributed by atoms with van der Waals surface area (Å²) in [6.45, 7) is 5.54. The lowest BCUT2D eigenvalue weighted by atomic mass is 9.92. The molecule has 2 heterocycles. The van der Waals surface area contributed by atoms with Crippen LogP contribution in [-0.2, 0) is 9.47 Å². The Hall–Kier alpha value is -0.810. The first-order valence-corrected chi connectivity index (χ1v) is 5.76. The number of amides is 1. The van der Waals surface area contributed by atoms with Gasteiger partial charge in [-0.3, -0.25) is 0 Å². The van der Waals surface area contributed by atoms with Crippen LogP contribution < -0.4 is 11.1 Å². The van der Waals surface area contributed by atoms with Crippen LogP contribution in [0.1, 0.15) is 33.6 Å². The molecule has 3 N–H and O–H groups in total. The zero-order valence-corrected chi connectivity index (χ0v) is 10.0. The first-order valence-electron chi connectivity index (χ1n) is 5.76. The quantitative estimate of drug-likeness (QED) is 0.695. The van der Waals surface area contributed by atoms with Gasteiger partial charge in [0.2, 0.25) is 0 Å². The van der Waals surface area contributed by atoms with Crippen molar-refractivity contribution in [3.63, 3.8) is 0 Å². The van der Waals surface area contributed by atoms with Crippen LogP contribution in [0.3, 0.4) is 0 Å². The number of alkyl carbamates (subject to hydrolysis) is 1. The molecule has 2 aliphatic rings. The van der Waals surface area contributed by atoms with Crippen LogP contribution in [0.4, 0.5) is 4.79 Å². The van der Waals surface area contributed by atoms with Crippen LogP contribution >= 0.6 is 0 Å². The van der Waals surface area contributed by atoms with E-state index in [1.807, 2.05) is 20.8 Å². The van der Waals surface area contributed by atoms with E-state index >= 15 is 0 Å². The van der Waals surface area contributed by atoms with Crippen molar-refractivity contribution < 1.29 is 14.3 Å². The number of hydrogen-bond acceptors (Lipinski definition) is 4. The summed E-state index contributed by atoms with van der Waals surface area (Å²) in [5, 5.41) is 2.85. The molecule has 0 aromatic carbocycles.